The molecule has 1 unspecified atom stereocenters. The number of aromatic amines is 1. The molecular formula is C18H18N6O2. The third-order valence-electron chi connectivity index (χ3n) is 4.60. The highest BCUT2D eigenvalue weighted by molar-refractivity contribution is 5.97. The van der Waals surface area contributed by atoms with Crippen molar-refractivity contribution in [2.45, 2.75) is 25.3 Å². The molecule has 1 aliphatic heterocycles. The molecule has 1 fully saturated rings. The predicted molar refractivity (Wildman–Crippen MR) is 95.0 cm³/mol. The lowest BCUT2D eigenvalue weighted by Gasteiger charge is -2.33. The van der Waals surface area contributed by atoms with Gasteiger partial charge >= 0.3 is 0 Å². The number of nitrogens with one attached hydrogen (secondary N) is 2. The topological polar surface area (TPSA) is 111 Å². The largest absolute Gasteiger partial charge is 0.444 e. The number of fused-ring (bicyclic) bond motifs is 1. The number of carbonyl (C=O) groups excluding carboxylic acids is 1. The Hall–Kier alpha value is -3.34. The third-order valence-corrected chi connectivity index (χ3v) is 4.60. The van der Waals surface area contributed by atoms with Gasteiger partial charge in [0.05, 0.1) is 23.5 Å². The Bertz CT molecular complexity index is 956. The quantitative estimate of drug-likeness (QED) is 0.748. The van der Waals surface area contributed by atoms with Crippen molar-refractivity contribution >= 4 is 22.6 Å². The van der Waals surface area contributed by atoms with Gasteiger partial charge in [0.25, 0.3) is 0 Å². The molecule has 0 saturated carbocycles. The molecule has 1 atom stereocenters. The summed E-state index contributed by atoms with van der Waals surface area (Å²) in [5.74, 6) is 0.379. The lowest BCUT2D eigenvalue weighted by atomic mass is 10.0. The monoisotopic (exact) mass is 350 g/mol. The summed E-state index contributed by atoms with van der Waals surface area (Å²) in [5, 5.41) is 13.3. The van der Waals surface area contributed by atoms with Gasteiger partial charge in [-0.15, -0.1) is 0 Å². The number of piperidine rings is 1. The zero-order valence-electron chi connectivity index (χ0n) is 14.1. The molecule has 4 heterocycles. The predicted octanol–water partition coefficient (Wildman–Crippen LogP) is 2.53. The van der Waals surface area contributed by atoms with Crippen LogP contribution in [0.5, 0.6) is 0 Å². The van der Waals surface area contributed by atoms with Gasteiger partial charge in [0.1, 0.15) is 18.3 Å². The maximum Gasteiger partial charge on any atom is 0.236 e. The molecule has 2 N–H and O–H groups in total. The minimum absolute atomic E-state index is 0.0778. The Morgan fingerprint density at radius 1 is 1.50 bits per heavy atom. The van der Waals surface area contributed by atoms with Gasteiger partial charge in [-0.25, -0.2) is 9.97 Å². The maximum absolute atomic E-state index is 12.1. The van der Waals surface area contributed by atoms with Crippen molar-refractivity contribution in [3.05, 3.63) is 30.9 Å². The number of carbonyl (C=O) groups is 1. The molecule has 0 spiro atoms. The average Bonchev–Trinajstić information content (AvgIpc) is 3.34. The molecule has 0 bridgehead atoms. The van der Waals surface area contributed by atoms with E-state index in [1.807, 2.05) is 18.3 Å². The van der Waals surface area contributed by atoms with Crippen LogP contribution in [0, 0.1) is 11.3 Å². The number of anilines is 1. The molecule has 8 heteroatoms. The number of hydrogen-bond acceptors (Lipinski definition) is 6. The van der Waals surface area contributed by atoms with E-state index in [1.165, 1.54) is 6.26 Å². The minimum Gasteiger partial charge on any atom is -0.444 e. The summed E-state index contributed by atoms with van der Waals surface area (Å²) in [7, 11) is 0. The van der Waals surface area contributed by atoms with E-state index in [0.717, 1.165) is 35.1 Å². The second kappa shape index (κ2) is 6.88. The molecular weight excluding hydrogens is 332 g/mol. The van der Waals surface area contributed by atoms with Gasteiger partial charge in [-0.1, -0.05) is 0 Å². The van der Waals surface area contributed by atoms with Crippen LogP contribution in [0.3, 0.4) is 0 Å². The van der Waals surface area contributed by atoms with Crippen molar-refractivity contribution < 1.29 is 9.21 Å². The lowest BCUT2D eigenvalue weighted by molar-refractivity contribution is -0.131. The van der Waals surface area contributed by atoms with Crippen LogP contribution in [0.25, 0.3) is 22.5 Å². The standard InChI is InChI=1S/C18H18N6O2/c19-5-3-15(25)24-8-1-2-12(11-24)23-16-13-4-6-20-17(13)22-10-14(16)18-21-7-9-26-18/h4,6-7,9-10,12H,1-3,8,11H2,(H2,20,22,23). The van der Waals surface area contributed by atoms with Gasteiger partial charge in [-0.05, 0) is 18.9 Å². The van der Waals surface area contributed by atoms with E-state index < -0.39 is 0 Å². The summed E-state index contributed by atoms with van der Waals surface area (Å²) in [6.07, 6.45) is 8.46. The molecule has 26 heavy (non-hydrogen) atoms. The van der Waals surface area contributed by atoms with Crippen molar-refractivity contribution in [1.82, 2.24) is 19.9 Å². The number of nitrogens with zero attached hydrogens (tertiary/aromatic N) is 4. The summed E-state index contributed by atoms with van der Waals surface area (Å²) in [6, 6.07) is 3.97. The van der Waals surface area contributed by atoms with Crippen LogP contribution in [-0.4, -0.2) is 44.9 Å². The number of nitriles is 1. The van der Waals surface area contributed by atoms with E-state index in [1.54, 1.807) is 17.3 Å². The molecule has 1 aliphatic rings. The Morgan fingerprint density at radius 2 is 2.42 bits per heavy atom. The van der Waals surface area contributed by atoms with E-state index >= 15 is 0 Å². The van der Waals surface area contributed by atoms with Gasteiger partial charge in [0.2, 0.25) is 11.8 Å². The van der Waals surface area contributed by atoms with Gasteiger partial charge in [0.15, 0.2) is 0 Å². The van der Waals surface area contributed by atoms with Gasteiger partial charge < -0.3 is 19.6 Å². The number of hydrogen-bond donors (Lipinski definition) is 2. The normalized spacial score (nSPS) is 17.2. The zero-order valence-corrected chi connectivity index (χ0v) is 14.1. The van der Waals surface area contributed by atoms with Gasteiger partial charge in [-0.3, -0.25) is 4.79 Å². The number of pyridine rings is 1. The summed E-state index contributed by atoms with van der Waals surface area (Å²) in [6.45, 7) is 1.26. The Balaban J connectivity index is 1.64. The van der Waals surface area contributed by atoms with E-state index in [9.17, 15) is 4.79 Å². The molecule has 0 aromatic carbocycles. The van der Waals surface area contributed by atoms with Crippen molar-refractivity contribution in [2.75, 3.05) is 18.4 Å². The molecule has 8 nitrogen and oxygen atoms in total. The summed E-state index contributed by atoms with van der Waals surface area (Å²) in [5.41, 5.74) is 2.44. The fourth-order valence-corrected chi connectivity index (χ4v) is 3.39. The SMILES string of the molecule is N#CCC(=O)N1CCCC(Nc2c(-c3ncco3)cnc3[nH]ccc23)C1. The fraction of sp³-hybridized carbons (Fsp3) is 0.333. The van der Waals surface area contributed by atoms with Gasteiger partial charge in [0, 0.05) is 36.9 Å². The molecule has 3 aromatic rings. The number of aromatic nitrogens is 3. The van der Waals surface area contributed by atoms with Crippen molar-refractivity contribution in [2.24, 2.45) is 0 Å². The lowest BCUT2D eigenvalue weighted by Crippen LogP contribution is -2.45. The number of rotatable bonds is 4. The first-order chi connectivity index (χ1) is 12.8. The maximum atomic E-state index is 12.1. The van der Waals surface area contributed by atoms with Crippen LogP contribution >= 0.6 is 0 Å². The summed E-state index contributed by atoms with van der Waals surface area (Å²) in [4.78, 5) is 25.6. The second-order valence-corrected chi connectivity index (χ2v) is 6.28. The van der Waals surface area contributed by atoms with Crippen LogP contribution in [0.1, 0.15) is 19.3 Å². The fourth-order valence-electron chi connectivity index (χ4n) is 3.39. The highest BCUT2D eigenvalue weighted by Gasteiger charge is 2.25. The molecule has 3 aromatic heterocycles. The average molecular weight is 350 g/mol. The molecule has 132 valence electrons. The van der Waals surface area contributed by atoms with E-state index in [-0.39, 0.29) is 18.4 Å². The molecule has 0 radical (unpaired) electrons. The third kappa shape index (κ3) is 2.99. The number of H-pyrrole nitrogens is 1. The molecule has 0 aliphatic carbocycles. The zero-order chi connectivity index (χ0) is 17.9. The second-order valence-electron chi connectivity index (χ2n) is 6.28. The van der Waals surface area contributed by atoms with Gasteiger partial charge in [-0.2, -0.15) is 5.26 Å². The van der Waals surface area contributed by atoms with E-state index in [0.29, 0.717) is 19.0 Å². The summed E-state index contributed by atoms with van der Waals surface area (Å²) >= 11 is 0. The van der Waals surface area contributed by atoms with Crippen molar-refractivity contribution in [1.29, 1.82) is 5.26 Å². The van der Waals surface area contributed by atoms with Crippen LogP contribution in [0.4, 0.5) is 5.69 Å². The first-order valence-electron chi connectivity index (χ1n) is 8.53. The Labute approximate surface area is 149 Å². The van der Waals surface area contributed by atoms with E-state index in [4.69, 9.17) is 9.68 Å². The first-order valence-corrected chi connectivity index (χ1v) is 8.53. The van der Waals surface area contributed by atoms with Crippen LogP contribution in [0.2, 0.25) is 0 Å². The minimum atomic E-state index is -0.117. The molecule has 4 rings (SSSR count). The summed E-state index contributed by atoms with van der Waals surface area (Å²) < 4.78 is 5.46. The number of likely N-dealkylation sites (tertiary alicyclic amines) is 1. The Kier molecular flexibility index (Phi) is 4.27. The van der Waals surface area contributed by atoms with Crippen LogP contribution in [-0.2, 0) is 4.79 Å². The Morgan fingerprint density at radius 3 is 3.23 bits per heavy atom. The molecule has 1 saturated heterocycles. The van der Waals surface area contributed by atoms with Crippen molar-refractivity contribution in [3.63, 3.8) is 0 Å². The number of amides is 1. The highest BCUT2D eigenvalue weighted by Crippen LogP contribution is 2.33. The van der Waals surface area contributed by atoms with Crippen molar-refractivity contribution in [3.8, 4) is 17.5 Å². The van der Waals surface area contributed by atoms with Crippen LogP contribution in [0.15, 0.2) is 35.3 Å². The smallest absolute Gasteiger partial charge is 0.236 e. The highest BCUT2D eigenvalue weighted by atomic mass is 16.3. The first kappa shape index (κ1) is 16.1. The molecule has 1 amide bonds. The van der Waals surface area contributed by atoms with E-state index in [2.05, 4.69) is 20.3 Å². The van der Waals surface area contributed by atoms with Crippen LogP contribution < -0.4 is 5.32 Å². The number of oxazole rings is 1.